The largest absolute Gasteiger partial charge is 0.491 e. The maximum Gasteiger partial charge on any atom is 0.270 e. The quantitative estimate of drug-likeness (QED) is 0.910. The summed E-state index contributed by atoms with van der Waals surface area (Å²) in [5, 5.41) is 0. The maximum atomic E-state index is 12.7. The predicted molar refractivity (Wildman–Crippen MR) is 93.0 cm³/mol. The van der Waals surface area contributed by atoms with Crippen LogP contribution in [0.1, 0.15) is 22.5 Å². The van der Waals surface area contributed by atoms with Gasteiger partial charge in [-0.3, -0.25) is 9.59 Å². The van der Waals surface area contributed by atoms with Crippen LogP contribution in [0.15, 0.2) is 47.4 Å². The number of carbonyl (C=O) groups is 1. The number of para-hydroxylation sites is 1. The third-order valence-electron chi connectivity index (χ3n) is 4.68. The molecule has 128 valence electrons. The Morgan fingerprint density at radius 2 is 2.20 bits per heavy atom. The number of hydrogen-bond acceptors (Lipinski definition) is 4. The van der Waals surface area contributed by atoms with E-state index < -0.39 is 5.60 Å². The fourth-order valence-corrected chi connectivity index (χ4v) is 3.32. The molecule has 6 heteroatoms. The molecule has 0 aliphatic carbocycles. The number of rotatable bonds is 2. The number of nitrogens with zero attached hydrogens (tertiary/aromatic N) is 1. The van der Waals surface area contributed by atoms with Gasteiger partial charge >= 0.3 is 0 Å². The van der Waals surface area contributed by atoms with Gasteiger partial charge in [-0.1, -0.05) is 24.3 Å². The summed E-state index contributed by atoms with van der Waals surface area (Å²) in [7, 11) is 1.42. The van der Waals surface area contributed by atoms with Gasteiger partial charge in [0.15, 0.2) is 5.75 Å². The minimum Gasteiger partial charge on any atom is -0.491 e. The van der Waals surface area contributed by atoms with Crippen LogP contribution >= 0.6 is 0 Å². The molecule has 2 aromatic rings. The molecular weight excluding hydrogens is 320 g/mol. The number of benzene rings is 1. The smallest absolute Gasteiger partial charge is 0.270 e. The number of nitrogens with one attached hydrogen (secondary N) is 1. The number of H-pyrrole nitrogens is 1. The second-order valence-electron chi connectivity index (χ2n) is 6.29. The monoisotopic (exact) mass is 338 g/mol. The molecule has 0 radical (unpaired) electrons. The van der Waals surface area contributed by atoms with Crippen molar-refractivity contribution in [2.24, 2.45) is 0 Å². The van der Waals surface area contributed by atoms with Crippen LogP contribution in [0.25, 0.3) is 6.08 Å². The lowest BCUT2D eigenvalue weighted by Gasteiger charge is -2.31. The Balaban J connectivity index is 1.54. The summed E-state index contributed by atoms with van der Waals surface area (Å²) in [6.45, 7) is 1.02. The van der Waals surface area contributed by atoms with E-state index >= 15 is 0 Å². The summed E-state index contributed by atoms with van der Waals surface area (Å²) in [6, 6.07) is 9.12. The minimum atomic E-state index is -0.503. The summed E-state index contributed by atoms with van der Waals surface area (Å²) in [4.78, 5) is 29.1. The number of ether oxygens (including phenoxy) is 2. The molecule has 2 aliphatic rings. The summed E-state index contributed by atoms with van der Waals surface area (Å²) in [6.07, 6.45) is 6.19. The van der Waals surface area contributed by atoms with Crippen molar-refractivity contribution in [1.82, 2.24) is 9.88 Å². The number of hydrogen-bond donors (Lipinski definition) is 1. The molecular formula is C19H18N2O4. The maximum absolute atomic E-state index is 12.7. The average Bonchev–Trinajstić information content (AvgIpc) is 3.04. The molecule has 1 atom stereocenters. The van der Waals surface area contributed by atoms with Crippen molar-refractivity contribution < 1.29 is 14.3 Å². The van der Waals surface area contributed by atoms with Crippen molar-refractivity contribution in [2.75, 3.05) is 20.2 Å². The molecule has 1 saturated heterocycles. The molecule has 1 unspecified atom stereocenters. The molecule has 1 aromatic heterocycles. The molecule has 1 amide bonds. The van der Waals surface area contributed by atoms with Crippen LogP contribution < -0.4 is 14.9 Å². The molecule has 1 fully saturated rings. The van der Waals surface area contributed by atoms with E-state index in [1.807, 2.05) is 36.4 Å². The van der Waals surface area contributed by atoms with Crippen molar-refractivity contribution >= 4 is 12.0 Å². The van der Waals surface area contributed by atoms with Gasteiger partial charge in [0.05, 0.1) is 13.7 Å². The first-order valence-corrected chi connectivity index (χ1v) is 8.13. The third kappa shape index (κ3) is 2.69. The van der Waals surface area contributed by atoms with E-state index in [1.54, 1.807) is 4.90 Å². The minimum absolute atomic E-state index is 0.185. The third-order valence-corrected chi connectivity index (χ3v) is 4.68. The van der Waals surface area contributed by atoms with E-state index in [4.69, 9.17) is 9.47 Å². The van der Waals surface area contributed by atoms with Crippen molar-refractivity contribution in [3.05, 3.63) is 64.1 Å². The van der Waals surface area contributed by atoms with Crippen LogP contribution in [0.4, 0.5) is 0 Å². The van der Waals surface area contributed by atoms with Gasteiger partial charge in [-0.15, -0.1) is 0 Å². The zero-order valence-corrected chi connectivity index (χ0v) is 13.8. The Hall–Kier alpha value is -3.02. The van der Waals surface area contributed by atoms with Crippen LogP contribution in [0.3, 0.4) is 0 Å². The zero-order valence-electron chi connectivity index (χ0n) is 13.8. The molecule has 2 aliphatic heterocycles. The molecule has 3 heterocycles. The summed E-state index contributed by atoms with van der Waals surface area (Å²) in [5.74, 6) is 0.800. The van der Waals surface area contributed by atoms with Gasteiger partial charge in [0.25, 0.3) is 5.91 Å². The summed E-state index contributed by atoms with van der Waals surface area (Å²) in [5.41, 5.74) is 0.471. The average molecular weight is 338 g/mol. The topological polar surface area (TPSA) is 71.6 Å². The highest BCUT2D eigenvalue weighted by Crippen LogP contribution is 2.36. The molecule has 0 bridgehead atoms. The van der Waals surface area contributed by atoms with E-state index in [1.165, 1.54) is 19.4 Å². The SMILES string of the molecule is COc1c[nH]c(C(=O)N2CCC3(C=Cc4ccccc4O3)C2)cc1=O. The number of methoxy groups -OCH3 is 1. The predicted octanol–water partition coefficient (Wildman–Crippen LogP) is 2.07. The number of likely N-dealkylation sites (tertiary alicyclic amines) is 1. The molecule has 1 N–H and O–H groups in total. The number of amides is 1. The number of carbonyl (C=O) groups excluding carboxylic acids is 1. The lowest BCUT2D eigenvalue weighted by atomic mass is 9.97. The zero-order chi connectivity index (χ0) is 17.4. The van der Waals surface area contributed by atoms with Crippen molar-refractivity contribution in [1.29, 1.82) is 0 Å². The van der Waals surface area contributed by atoms with Crippen LogP contribution in [0.2, 0.25) is 0 Å². The van der Waals surface area contributed by atoms with Crippen LogP contribution in [-0.2, 0) is 0 Å². The Morgan fingerprint density at radius 1 is 1.36 bits per heavy atom. The number of fused-ring (bicyclic) bond motifs is 1. The second-order valence-corrected chi connectivity index (χ2v) is 6.29. The van der Waals surface area contributed by atoms with Crippen LogP contribution in [0, 0.1) is 0 Å². The second kappa shape index (κ2) is 5.81. The van der Waals surface area contributed by atoms with Gasteiger partial charge in [-0.2, -0.15) is 0 Å². The molecule has 0 saturated carbocycles. The van der Waals surface area contributed by atoms with Gasteiger partial charge in [-0.05, 0) is 12.1 Å². The van der Waals surface area contributed by atoms with Crippen LogP contribution in [-0.4, -0.2) is 41.6 Å². The fourth-order valence-electron chi connectivity index (χ4n) is 3.32. The van der Waals surface area contributed by atoms with E-state index in [0.717, 1.165) is 11.3 Å². The van der Waals surface area contributed by atoms with Gasteiger partial charge in [0, 0.05) is 30.8 Å². The van der Waals surface area contributed by atoms with Crippen molar-refractivity contribution in [3.63, 3.8) is 0 Å². The first-order chi connectivity index (χ1) is 12.1. The van der Waals surface area contributed by atoms with Gasteiger partial charge in [0.2, 0.25) is 5.43 Å². The molecule has 1 spiro atoms. The van der Waals surface area contributed by atoms with E-state index in [9.17, 15) is 9.59 Å². The lowest BCUT2D eigenvalue weighted by molar-refractivity contribution is 0.0723. The van der Waals surface area contributed by atoms with E-state index in [0.29, 0.717) is 19.5 Å². The van der Waals surface area contributed by atoms with E-state index in [2.05, 4.69) is 4.98 Å². The highest BCUT2D eigenvalue weighted by Gasteiger charge is 2.42. The Labute approximate surface area is 144 Å². The van der Waals surface area contributed by atoms with Gasteiger partial charge in [-0.25, -0.2) is 0 Å². The highest BCUT2D eigenvalue weighted by atomic mass is 16.5. The molecule has 6 nitrogen and oxygen atoms in total. The molecule has 25 heavy (non-hydrogen) atoms. The number of aromatic amines is 1. The summed E-state index contributed by atoms with van der Waals surface area (Å²) >= 11 is 0. The Bertz CT molecular complexity index is 918. The fraction of sp³-hybridized carbons (Fsp3) is 0.263. The Morgan fingerprint density at radius 3 is 3.00 bits per heavy atom. The van der Waals surface area contributed by atoms with Gasteiger partial charge < -0.3 is 19.4 Å². The van der Waals surface area contributed by atoms with Gasteiger partial charge in [0.1, 0.15) is 17.0 Å². The number of aromatic nitrogens is 1. The molecule has 4 rings (SSSR count). The summed E-state index contributed by atoms with van der Waals surface area (Å²) < 4.78 is 11.1. The number of pyridine rings is 1. The van der Waals surface area contributed by atoms with Crippen LogP contribution in [0.5, 0.6) is 11.5 Å². The lowest BCUT2D eigenvalue weighted by Crippen LogP contribution is -2.40. The van der Waals surface area contributed by atoms with E-state index in [-0.39, 0.29) is 22.8 Å². The first kappa shape index (κ1) is 15.5. The van der Waals surface area contributed by atoms with Crippen molar-refractivity contribution in [3.8, 4) is 11.5 Å². The van der Waals surface area contributed by atoms with Crippen molar-refractivity contribution in [2.45, 2.75) is 12.0 Å². The molecule has 1 aromatic carbocycles. The Kier molecular flexibility index (Phi) is 3.60. The normalized spacial score (nSPS) is 21.1. The first-order valence-electron chi connectivity index (χ1n) is 8.13. The highest BCUT2D eigenvalue weighted by molar-refractivity contribution is 5.92. The standard InChI is InChI=1S/C19H18N2O4/c1-24-17-11-20-14(10-15(17)22)18(23)21-9-8-19(12-21)7-6-13-4-2-3-5-16(13)25-19/h2-7,10-11H,8-9,12H2,1H3,(H,20,22).